The highest BCUT2D eigenvalue weighted by Gasteiger charge is 2.20. The Labute approximate surface area is 169 Å². The maximum Gasteiger partial charge on any atom is 0.265 e. The summed E-state index contributed by atoms with van der Waals surface area (Å²) in [5.74, 6) is 1.61. The summed E-state index contributed by atoms with van der Waals surface area (Å²) < 4.78 is 8.08. The minimum absolute atomic E-state index is 0.186. The molecule has 0 radical (unpaired) electrons. The molecule has 3 aromatic rings. The maximum absolute atomic E-state index is 12.8. The van der Waals surface area contributed by atoms with Crippen LogP contribution in [0.25, 0.3) is 11.3 Å². The number of carbonyl (C=O) groups is 1. The lowest BCUT2D eigenvalue weighted by atomic mass is 10.1. The third kappa shape index (κ3) is 3.64. The molecule has 0 saturated carbocycles. The van der Waals surface area contributed by atoms with Gasteiger partial charge in [-0.15, -0.1) is 0 Å². The number of aryl methyl sites for hydroxylation is 2. The molecule has 0 aliphatic carbocycles. The van der Waals surface area contributed by atoms with Gasteiger partial charge >= 0.3 is 0 Å². The van der Waals surface area contributed by atoms with E-state index in [4.69, 9.17) is 9.72 Å². The third-order valence-electron chi connectivity index (χ3n) is 4.99. The fourth-order valence-corrected chi connectivity index (χ4v) is 4.13. The first kappa shape index (κ1) is 18.6. The fraction of sp³-hybridized carbons (Fsp3) is 0.273. The van der Waals surface area contributed by atoms with E-state index >= 15 is 0 Å². The van der Waals surface area contributed by atoms with Gasteiger partial charge < -0.3 is 14.6 Å². The van der Waals surface area contributed by atoms with E-state index in [2.05, 4.69) is 16.1 Å². The normalized spacial score (nSPS) is 13.8. The lowest BCUT2D eigenvalue weighted by molar-refractivity contribution is -0.122. The van der Waals surface area contributed by atoms with Gasteiger partial charge in [0.15, 0.2) is 11.3 Å². The van der Waals surface area contributed by atoms with E-state index in [1.807, 2.05) is 56.3 Å². The predicted octanol–water partition coefficient (Wildman–Crippen LogP) is 4.68. The highest BCUT2D eigenvalue weighted by Crippen LogP contribution is 2.32. The van der Waals surface area contributed by atoms with E-state index in [1.165, 1.54) is 0 Å². The Hall–Kier alpha value is -2.73. The molecule has 0 unspecified atom stereocenters. The zero-order chi connectivity index (χ0) is 19.7. The Morgan fingerprint density at radius 2 is 2.04 bits per heavy atom. The van der Waals surface area contributed by atoms with Crippen molar-refractivity contribution in [3.63, 3.8) is 0 Å². The Bertz CT molecular complexity index is 1010. The lowest BCUT2D eigenvalue weighted by Crippen LogP contribution is -2.30. The number of hydrogen-bond donors (Lipinski definition) is 1. The molecule has 144 valence electrons. The van der Waals surface area contributed by atoms with Crippen molar-refractivity contribution in [2.24, 2.45) is 0 Å². The van der Waals surface area contributed by atoms with Gasteiger partial charge in [0, 0.05) is 24.1 Å². The van der Waals surface area contributed by atoms with Crippen molar-refractivity contribution in [2.45, 2.75) is 38.6 Å². The number of nitrogens with zero attached hydrogens (tertiary/aromatic N) is 2. The Morgan fingerprint density at radius 1 is 1.21 bits per heavy atom. The van der Waals surface area contributed by atoms with Crippen LogP contribution in [0.3, 0.4) is 0 Å². The fourth-order valence-electron chi connectivity index (χ4n) is 3.19. The summed E-state index contributed by atoms with van der Waals surface area (Å²) in [6.07, 6.45) is 1.44. The van der Waals surface area contributed by atoms with Crippen molar-refractivity contribution in [3.05, 3.63) is 59.8 Å². The smallest absolute Gasteiger partial charge is 0.265 e. The number of carbonyl (C=O) groups excluding carboxylic acids is 1. The number of fused-ring (bicyclic) bond motifs is 1. The largest absolute Gasteiger partial charge is 0.481 e. The highest BCUT2D eigenvalue weighted by molar-refractivity contribution is 7.99. The van der Waals surface area contributed by atoms with E-state index in [0.717, 1.165) is 51.3 Å². The van der Waals surface area contributed by atoms with E-state index in [1.54, 1.807) is 18.7 Å². The number of rotatable bonds is 5. The van der Waals surface area contributed by atoms with Crippen LogP contribution in [0.1, 0.15) is 18.1 Å². The molecule has 2 aromatic carbocycles. The number of benzene rings is 2. The number of imidazole rings is 1. The molecular formula is C22H23N3O2S. The van der Waals surface area contributed by atoms with E-state index in [9.17, 15) is 4.79 Å². The van der Waals surface area contributed by atoms with Crippen LogP contribution in [0.15, 0.2) is 53.8 Å². The van der Waals surface area contributed by atoms with E-state index < -0.39 is 6.10 Å². The van der Waals surface area contributed by atoms with E-state index in [-0.39, 0.29) is 5.91 Å². The number of nitrogens with one attached hydrogen (secondary N) is 1. The first-order valence-electron chi connectivity index (χ1n) is 9.36. The quantitative estimate of drug-likeness (QED) is 0.684. The van der Waals surface area contributed by atoms with Crippen molar-refractivity contribution >= 4 is 23.4 Å². The summed E-state index contributed by atoms with van der Waals surface area (Å²) in [4.78, 5) is 17.5. The molecule has 28 heavy (non-hydrogen) atoms. The summed E-state index contributed by atoms with van der Waals surface area (Å²) >= 11 is 1.76. The molecule has 2 heterocycles. The molecule has 1 aromatic heterocycles. The summed E-state index contributed by atoms with van der Waals surface area (Å²) in [5, 5.41) is 4.04. The van der Waals surface area contributed by atoms with Crippen molar-refractivity contribution in [2.75, 3.05) is 11.1 Å². The number of hydrogen-bond acceptors (Lipinski definition) is 4. The molecule has 1 amide bonds. The molecule has 1 atom stereocenters. The second-order valence-electron chi connectivity index (χ2n) is 6.94. The molecule has 0 bridgehead atoms. The van der Waals surface area contributed by atoms with Crippen LogP contribution in [0.5, 0.6) is 5.75 Å². The van der Waals surface area contributed by atoms with Gasteiger partial charge in [0.1, 0.15) is 5.75 Å². The average molecular weight is 394 g/mol. The minimum atomic E-state index is -0.615. The number of thioether (sulfide) groups is 1. The number of anilines is 1. The first-order valence-corrected chi connectivity index (χ1v) is 10.3. The SMILES string of the molecule is Cc1cccc(O[C@H](C)C(=O)Nc2ccccc2-c2cn3c(n2)SCC3)c1C. The summed E-state index contributed by atoms with van der Waals surface area (Å²) in [6, 6.07) is 13.6. The number of amides is 1. The van der Waals surface area contributed by atoms with Crippen LogP contribution in [-0.2, 0) is 11.3 Å². The topological polar surface area (TPSA) is 56.1 Å². The predicted molar refractivity (Wildman–Crippen MR) is 113 cm³/mol. The molecule has 6 heteroatoms. The van der Waals surface area contributed by atoms with Crippen LogP contribution in [-0.4, -0.2) is 27.3 Å². The van der Waals surface area contributed by atoms with Crippen LogP contribution >= 0.6 is 11.8 Å². The van der Waals surface area contributed by atoms with Crippen molar-refractivity contribution in [1.29, 1.82) is 0 Å². The van der Waals surface area contributed by atoms with Crippen LogP contribution in [0, 0.1) is 13.8 Å². The maximum atomic E-state index is 12.8. The minimum Gasteiger partial charge on any atom is -0.481 e. The molecular weight excluding hydrogens is 370 g/mol. The summed E-state index contributed by atoms with van der Waals surface area (Å²) in [7, 11) is 0. The van der Waals surface area contributed by atoms with Gasteiger partial charge in [-0.1, -0.05) is 42.1 Å². The molecule has 0 fully saturated rings. The van der Waals surface area contributed by atoms with Crippen LogP contribution in [0.4, 0.5) is 5.69 Å². The van der Waals surface area contributed by atoms with Crippen molar-refractivity contribution in [3.8, 4) is 17.0 Å². The van der Waals surface area contributed by atoms with Gasteiger partial charge in [0.2, 0.25) is 0 Å². The van der Waals surface area contributed by atoms with Crippen molar-refractivity contribution < 1.29 is 9.53 Å². The molecule has 1 aliphatic heterocycles. The molecule has 4 rings (SSSR count). The Kier molecular flexibility index (Phi) is 5.13. The highest BCUT2D eigenvalue weighted by atomic mass is 32.2. The monoisotopic (exact) mass is 393 g/mol. The standard InChI is InChI=1S/C22H23N3O2S/c1-14-7-6-10-20(15(14)2)27-16(3)21(26)23-18-9-5-4-8-17(18)19-13-25-11-12-28-22(25)24-19/h4-10,13,16H,11-12H2,1-3H3,(H,23,26)/t16-/m1/s1. The zero-order valence-corrected chi connectivity index (χ0v) is 17.0. The molecule has 5 nitrogen and oxygen atoms in total. The Balaban J connectivity index is 1.52. The molecule has 1 N–H and O–H groups in total. The van der Waals surface area contributed by atoms with Gasteiger partial charge in [0.25, 0.3) is 5.91 Å². The Morgan fingerprint density at radius 3 is 2.86 bits per heavy atom. The number of para-hydroxylation sites is 1. The summed E-state index contributed by atoms with van der Waals surface area (Å²) in [6.45, 7) is 6.77. The molecule has 0 spiro atoms. The molecule has 1 aliphatic rings. The second-order valence-corrected chi connectivity index (χ2v) is 8.01. The van der Waals surface area contributed by atoms with Gasteiger partial charge in [-0.3, -0.25) is 4.79 Å². The van der Waals surface area contributed by atoms with E-state index in [0.29, 0.717) is 0 Å². The van der Waals surface area contributed by atoms with Crippen molar-refractivity contribution in [1.82, 2.24) is 9.55 Å². The number of ether oxygens (including phenoxy) is 1. The number of aromatic nitrogens is 2. The van der Waals surface area contributed by atoms with Gasteiger partial charge in [-0.25, -0.2) is 4.98 Å². The molecule has 0 saturated heterocycles. The van der Waals surface area contributed by atoms with Gasteiger partial charge in [-0.05, 0) is 44.0 Å². The van der Waals surface area contributed by atoms with Crippen LogP contribution in [0.2, 0.25) is 0 Å². The third-order valence-corrected chi connectivity index (χ3v) is 5.96. The van der Waals surface area contributed by atoms with Gasteiger partial charge in [-0.2, -0.15) is 0 Å². The first-order chi connectivity index (χ1) is 13.5. The summed E-state index contributed by atoms with van der Waals surface area (Å²) in [5.41, 5.74) is 4.72. The average Bonchev–Trinajstić information content (AvgIpc) is 3.28. The zero-order valence-electron chi connectivity index (χ0n) is 16.2. The lowest BCUT2D eigenvalue weighted by Gasteiger charge is -2.18. The van der Waals surface area contributed by atoms with Crippen LogP contribution < -0.4 is 10.1 Å². The second kappa shape index (κ2) is 7.72. The van der Waals surface area contributed by atoms with Gasteiger partial charge in [0.05, 0.1) is 11.4 Å².